The average Bonchev–Trinajstić information content (AvgIpc) is 1.89. The normalized spacial score (nSPS) is 14.6. The highest BCUT2D eigenvalue weighted by atomic mass is 16.5. The maximum atomic E-state index is 4.85. The molecule has 1 nitrogen and oxygen atoms in total. The summed E-state index contributed by atoms with van der Waals surface area (Å²) in [4.78, 5) is 0. The van der Waals surface area contributed by atoms with E-state index in [2.05, 4.69) is 26.0 Å². The fourth-order valence-electron chi connectivity index (χ4n) is 0.520. The second kappa shape index (κ2) is 5.83. The van der Waals surface area contributed by atoms with Gasteiger partial charge in [-0.05, 0) is 5.92 Å². The zero-order valence-electron chi connectivity index (χ0n) is 6.55. The molecular formula is C8H16O. The van der Waals surface area contributed by atoms with Crippen molar-refractivity contribution in [3.8, 4) is 0 Å². The number of rotatable bonds is 4. The Morgan fingerprint density at radius 1 is 1.56 bits per heavy atom. The van der Waals surface area contributed by atoms with Crippen LogP contribution < -0.4 is 0 Å². The Kier molecular flexibility index (Phi) is 5.64. The smallest absolute Gasteiger partial charge is 0.0643 e. The molecule has 0 aromatic carbocycles. The second-order valence-electron chi connectivity index (χ2n) is 2.27. The van der Waals surface area contributed by atoms with Gasteiger partial charge in [0.15, 0.2) is 0 Å². The third kappa shape index (κ3) is 5.57. The van der Waals surface area contributed by atoms with Gasteiger partial charge in [0.2, 0.25) is 0 Å². The first-order valence-corrected chi connectivity index (χ1v) is 3.46. The maximum absolute atomic E-state index is 4.85. The standard InChI is InChI=1S/C8H16O/c1-4-8(2)6-5-7-9-3/h5-6,8H,4,7H2,1-3H3/b6-5+. The topological polar surface area (TPSA) is 9.23 Å². The zero-order valence-corrected chi connectivity index (χ0v) is 6.55. The summed E-state index contributed by atoms with van der Waals surface area (Å²) in [5.41, 5.74) is 0. The molecule has 0 aliphatic heterocycles. The summed E-state index contributed by atoms with van der Waals surface area (Å²) < 4.78 is 4.85. The summed E-state index contributed by atoms with van der Waals surface area (Å²) in [5.74, 6) is 0.695. The minimum absolute atomic E-state index is 0.695. The highest BCUT2D eigenvalue weighted by Crippen LogP contribution is 2.00. The molecule has 0 saturated carbocycles. The molecule has 0 amide bonds. The van der Waals surface area contributed by atoms with Crippen LogP contribution in [0.25, 0.3) is 0 Å². The van der Waals surface area contributed by atoms with Crippen LogP contribution in [0.3, 0.4) is 0 Å². The van der Waals surface area contributed by atoms with Crippen LogP contribution in [0.2, 0.25) is 0 Å². The van der Waals surface area contributed by atoms with Crippen molar-refractivity contribution in [3.05, 3.63) is 12.2 Å². The Morgan fingerprint density at radius 3 is 2.67 bits per heavy atom. The molecule has 1 atom stereocenters. The molecular weight excluding hydrogens is 112 g/mol. The third-order valence-corrected chi connectivity index (χ3v) is 1.37. The molecule has 0 aromatic rings. The van der Waals surface area contributed by atoms with E-state index in [0.29, 0.717) is 5.92 Å². The summed E-state index contributed by atoms with van der Waals surface area (Å²) >= 11 is 0. The third-order valence-electron chi connectivity index (χ3n) is 1.37. The lowest BCUT2D eigenvalue weighted by atomic mass is 10.1. The minimum Gasteiger partial charge on any atom is -0.381 e. The SMILES string of the molecule is CCC(C)/C=C/COC. The van der Waals surface area contributed by atoms with E-state index in [9.17, 15) is 0 Å². The first-order valence-electron chi connectivity index (χ1n) is 3.46. The molecule has 0 aliphatic rings. The fraction of sp³-hybridized carbons (Fsp3) is 0.750. The molecule has 0 aliphatic carbocycles. The van der Waals surface area contributed by atoms with Crippen LogP contribution in [-0.2, 0) is 4.74 Å². The predicted molar refractivity (Wildman–Crippen MR) is 40.5 cm³/mol. The van der Waals surface area contributed by atoms with Crippen molar-refractivity contribution in [3.63, 3.8) is 0 Å². The van der Waals surface area contributed by atoms with Gasteiger partial charge >= 0.3 is 0 Å². The highest BCUT2D eigenvalue weighted by Gasteiger charge is 1.87. The van der Waals surface area contributed by atoms with E-state index >= 15 is 0 Å². The first-order chi connectivity index (χ1) is 4.31. The van der Waals surface area contributed by atoms with E-state index in [1.165, 1.54) is 6.42 Å². The average molecular weight is 128 g/mol. The summed E-state index contributed by atoms with van der Waals surface area (Å²) in [6.45, 7) is 5.12. The molecule has 1 unspecified atom stereocenters. The van der Waals surface area contributed by atoms with Crippen LogP contribution in [0.15, 0.2) is 12.2 Å². The molecule has 1 heteroatoms. The van der Waals surface area contributed by atoms with Gasteiger partial charge in [0.05, 0.1) is 6.61 Å². The van der Waals surface area contributed by atoms with E-state index in [-0.39, 0.29) is 0 Å². The van der Waals surface area contributed by atoms with Crippen molar-refractivity contribution >= 4 is 0 Å². The molecule has 0 aromatic heterocycles. The summed E-state index contributed by atoms with van der Waals surface area (Å²) in [6.07, 6.45) is 5.46. The Morgan fingerprint density at radius 2 is 2.22 bits per heavy atom. The van der Waals surface area contributed by atoms with Gasteiger partial charge in [-0.15, -0.1) is 0 Å². The van der Waals surface area contributed by atoms with Gasteiger partial charge < -0.3 is 4.74 Å². The van der Waals surface area contributed by atoms with Crippen LogP contribution in [0, 0.1) is 5.92 Å². The highest BCUT2D eigenvalue weighted by molar-refractivity contribution is 4.85. The molecule has 0 fully saturated rings. The zero-order chi connectivity index (χ0) is 7.11. The molecule has 0 heterocycles. The van der Waals surface area contributed by atoms with E-state index in [0.717, 1.165) is 6.61 Å². The van der Waals surface area contributed by atoms with Crippen LogP contribution in [0.4, 0.5) is 0 Å². The van der Waals surface area contributed by atoms with Gasteiger partial charge in [-0.25, -0.2) is 0 Å². The molecule has 0 radical (unpaired) electrons. The largest absolute Gasteiger partial charge is 0.381 e. The molecule has 9 heavy (non-hydrogen) atoms. The monoisotopic (exact) mass is 128 g/mol. The van der Waals surface area contributed by atoms with Gasteiger partial charge in [0.25, 0.3) is 0 Å². The van der Waals surface area contributed by atoms with E-state index in [1.807, 2.05) is 0 Å². The van der Waals surface area contributed by atoms with Crippen molar-refractivity contribution in [2.45, 2.75) is 20.3 Å². The second-order valence-corrected chi connectivity index (χ2v) is 2.27. The van der Waals surface area contributed by atoms with E-state index < -0.39 is 0 Å². The van der Waals surface area contributed by atoms with E-state index in [4.69, 9.17) is 4.74 Å². The Hall–Kier alpha value is -0.300. The number of allylic oxidation sites excluding steroid dienone is 1. The Balaban J connectivity index is 3.20. The van der Waals surface area contributed by atoms with Crippen LogP contribution in [-0.4, -0.2) is 13.7 Å². The molecule has 0 rings (SSSR count). The minimum atomic E-state index is 0.695. The van der Waals surface area contributed by atoms with Gasteiger partial charge in [-0.3, -0.25) is 0 Å². The first kappa shape index (κ1) is 8.70. The predicted octanol–water partition coefficient (Wildman–Crippen LogP) is 2.24. The van der Waals surface area contributed by atoms with Gasteiger partial charge in [-0.2, -0.15) is 0 Å². The van der Waals surface area contributed by atoms with Crippen molar-refractivity contribution in [2.24, 2.45) is 5.92 Å². The van der Waals surface area contributed by atoms with Gasteiger partial charge in [0.1, 0.15) is 0 Å². The van der Waals surface area contributed by atoms with Gasteiger partial charge in [-0.1, -0.05) is 32.4 Å². The lowest BCUT2D eigenvalue weighted by Gasteiger charge is -1.97. The van der Waals surface area contributed by atoms with Crippen molar-refractivity contribution in [1.82, 2.24) is 0 Å². The molecule has 0 N–H and O–H groups in total. The quantitative estimate of drug-likeness (QED) is 0.527. The number of hydrogen-bond acceptors (Lipinski definition) is 1. The van der Waals surface area contributed by atoms with Gasteiger partial charge in [0, 0.05) is 7.11 Å². The summed E-state index contributed by atoms with van der Waals surface area (Å²) in [6, 6.07) is 0. The van der Waals surface area contributed by atoms with E-state index in [1.54, 1.807) is 7.11 Å². The fourth-order valence-corrected chi connectivity index (χ4v) is 0.520. The van der Waals surface area contributed by atoms with Crippen LogP contribution in [0.1, 0.15) is 20.3 Å². The van der Waals surface area contributed by atoms with Crippen LogP contribution in [0.5, 0.6) is 0 Å². The Bertz CT molecular complexity index is 76.6. The lowest BCUT2D eigenvalue weighted by molar-refractivity contribution is 0.233. The van der Waals surface area contributed by atoms with Crippen molar-refractivity contribution in [2.75, 3.05) is 13.7 Å². The molecule has 0 saturated heterocycles. The number of hydrogen-bond donors (Lipinski definition) is 0. The Labute approximate surface area is 57.7 Å². The molecule has 54 valence electrons. The molecule has 0 bridgehead atoms. The number of methoxy groups -OCH3 is 1. The summed E-state index contributed by atoms with van der Waals surface area (Å²) in [7, 11) is 1.71. The van der Waals surface area contributed by atoms with Crippen molar-refractivity contribution < 1.29 is 4.74 Å². The summed E-state index contributed by atoms with van der Waals surface area (Å²) in [5, 5.41) is 0. The molecule has 0 spiro atoms. The van der Waals surface area contributed by atoms with Crippen LogP contribution >= 0.6 is 0 Å². The van der Waals surface area contributed by atoms with Crippen molar-refractivity contribution in [1.29, 1.82) is 0 Å². The maximum Gasteiger partial charge on any atom is 0.0643 e. The number of ether oxygens (including phenoxy) is 1. The lowest BCUT2D eigenvalue weighted by Crippen LogP contribution is -1.87.